The Morgan fingerprint density at radius 2 is 1.32 bits per heavy atom. The van der Waals surface area contributed by atoms with Gasteiger partial charge in [-0.1, -0.05) is 37.7 Å². The monoisotopic (exact) mass is 988 g/mol. The maximum absolute atomic E-state index is 13.6. The van der Waals surface area contributed by atoms with Crippen molar-refractivity contribution in [1.82, 2.24) is 0 Å². The van der Waals surface area contributed by atoms with Crippen LogP contribution in [0.5, 0.6) is 0 Å². The van der Waals surface area contributed by atoms with Gasteiger partial charge in [0.05, 0.1) is 27.3 Å². The Morgan fingerprint density at radius 1 is 0.780 bits per heavy atom. The zero-order chi connectivity index (χ0) is 31.6. The number of hydrogen-bond donors (Lipinski definition) is 0. The van der Waals surface area contributed by atoms with Gasteiger partial charge in [-0.15, -0.1) is 98.2 Å². The lowest BCUT2D eigenvalue weighted by atomic mass is 9.59. The van der Waals surface area contributed by atoms with Crippen LogP contribution in [0.25, 0.3) is 0 Å². The van der Waals surface area contributed by atoms with Gasteiger partial charge in [0.1, 0.15) is 5.78 Å². The van der Waals surface area contributed by atoms with E-state index in [0.29, 0.717) is 12.2 Å². The second-order valence-corrected chi connectivity index (χ2v) is 93.4. The van der Waals surface area contributed by atoms with Gasteiger partial charge in [0.2, 0.25) is 0 Å². The molecule has 1 fully saturated rings. The summed E-state index contributed by atoms with van der Waals surface area (Å²) in [5, 5.41) is 0. The minimum atomic E-state index is -0.614. The number of fused-ring (bicyclic) bond motifs is 2. The number of rotatable bonds is 13. The van der Waals surface area contributed by atoms with Gasteiger partial charge in [0, 0.05) is 33.3 Å². The Balaban J connectivity index is 2.69. The van der Waals surface area contributed by atoms with Crippen molar-refractivity contribution in [2.75, 3.05) is 0 Å². The minimum Gasteiger partial charge on any atom is -0.341 e. The molecule has 2 bridgehead atoms. The number of Topliss-reactive ketones (excluding diaryl/α,β-unsaturated/α-hetero) is 1. The van der Waals surface area contributed by atoms with Gasteiger partial charge in [0.15, 0.2) is 0 Å². The third-order valence-corrected chi connectivity index (χ3v) is 125. The van der Waals surface area contributed by atoms with E-state index in [2.05, 4.69) is 135 Å². The van der Waals surface area contributed by atoms with Crippen molar-refractivity contribution in [2.24, 2.45) is 17.3 Å². The quantitative estimate of drug-likeness (QED) is 0.136. The minimum absolute atomic E-state index is 0.0207. The van der Waals surface area contributed by atoms with Crippen molar-refractivity contribution in [3.05, 3.63) is 11.1 Å². The summed E-state index contributed by atoms with van der Waals surface area (Å²) in [5.41, 5.74) is 2.74. The zero-order valence-electron chi connectivity index (χ0n) is 23.6. The lowest BCUT2D eigenvalue weighted by Gasteiger charge is -2.51. The molecule has 240 valence electrons. The van der Waals surface area contributed by atoms with Gasteiger partial charge in [-0.05, 0) is 77.2 Å². The molecule has 0 saturated heterocycles. The highest BCUT2D eigenvalue weighted by molar-refractivity contribution is 9.19. The first kappa shape index (κ1) is 46.4. The summed E-state index contributed by atoms with van der Waals surface area (Å²) in [5.74, 6) is 0.694. The molecule has 2 rings (SSSR count). The van der Waals surface area contributed by atoms with E-state index in [1.807, 2.05) is 0 Å². The molecule has 0 aromatic rings. The normalized spacial score (nSPS) is 28.9. The van der Waals surface area contributed by atoms with Crippen LogP contribution in [0.4, 0.5) is 0 Å². The molecule has 0 aromatic heterocycles. The van der Waals surface area contributed by atoms with E-state index < -0.39 is 15.1 Å². The highest BCUT2D eigenvalue weighted by Gasteiger charge is 2.50. The van der Waals surface area contributed by atoms with Crippen molar-refractivity contribution in [3.63, 3.8) is 0 Å². The smallest absolute Gasteiger partial charge is 0.136 e. The molecule has 2 aliphatic carbocycles. The molecular weight excluding hydrogens is 941 g/mol. The molecule has 21 atom stereocenters. The summed E-state index contributed by atoms with van der Waals surface area (Å²) in [6, 6.07) is 0. The topological polar surface area (TPSA) is 35.5 Å². The molecular formula is C15H47O3P23. The van der Waals surface area contributed by atoms with Crippen LogP contribution in [0.3, 0.4) is 0 Å². The summed E-state index contributed by atoms with van der Waals surface area (Å²) in [6.07, 6.45) is 2.40. The molecule has 18 unspecified atom stereocenters. The first-order valence-corrected chi connectivity index (χ1v) is 52.5. The van der Waals surface area contributed by atoms with Gasteiger partial charge in [-0.3, -0.25) is 4.79 Å². The van der Waals surface area contributed by atoms with Gasteiger partial charge in [0.25, 0.3) is 0 Å². The lowest BCUT2D eigenvalue weighted by Crippen LogP contribution is -2.45. The highest BCUT2D eigenvalue weighted by atomic mass is 33.2. The van der Waals surface area contributed by atoms with Gasteiger partial charge < -0.3 is 9.05 Å². The van der Waals surface area contributed by atoms with Crippen LogP contribution in [-0.4, -0.2) is 18.0 Å². The molecule has 2 aliphatic rings. The Bertz CT molecular complexity index is 892. The van der Waals surface area contributed by atoms with Crippen LogP contribution in [0.1, 0.15) is 47.0 Å². The molecule has 1 saturated carbocycles. The second-order valence-electron chi connectivity index (χ2n) is 10.2. The van der Waals surface area contributed by atoms with E-state index in [1.165, 1.54) is 11.1 Å². The van der Waals surface area contributed by atoms with Crippen molar-refractivity contribution in [3.8, 4) is 0 Å². The Hall–Kier alpha value is 9.22. The largest absolute Gasteiger partial charge is 0.341 e. The molecule has 0 aromatic carbocycles. The van der Waals surface area contributed by atoms with Crippen LogP contribution in [0.15, 0.2) is 11.1 Å². The summed E-state index contributed by atoms with van der Waals surface area (Å²) >= 11 is 0. The van der Waals surface area contributed by atoms with Crippen LogP contribution in [0.2, 0.25) is 0 Å². The average Bonchev–Trinajstić information content (AvgIpc) is 2.83. The zero-order valence-corrected chi connectivity index (χ0v) is 47.4. The first-order valence-electron chi connectivity index (χ1n) is 12.1. The highest BCUT2D eigenvalue weighted by Crippen LogP contribution is 3.18. The molecule has 3 nitrogen and oxygen atoms in total. The molecule has 0 N–H and O–H groups in total. The van der Waals surface area contributed by atoms with Crippen LogP contribution >= 0.6 is 186 Å². The molecule has 0 heterocycles. The van der Waals surface area contributed by atoms with Gasteiger partial charge >= 0.3 is 0 Å². The molecule has 0 aliphatic heterocycles. The number of ketones is 1. The average molecular weight is 988 g/mol. The Morgan fingerprint density at radius 3 is 1.76 bits per heavy atom. The first-order chi connectivity index (χ1) is 18.9. The van der Waals surface area contributed by atoms with E-state index in [9.17, 15) is 4.79 Å². The third-order valence-electron chi connectivity index (χ3n) is 7.12. The summed E-state index contributed by atoms with van der Waals surface area (Å²) in [4.78, 5) is 13.6. The molecule has 0 spiro atoms. The van der Waals surface area contributed by atoms with Crippen molar-refractivity contribution in [2.45, 2.75) is 59.2 Å². The van der Waals surface area contributed by atoms with Crippen molar-refractivity contribution >= 4 is 192 Å². The fourth-order valence-corrected chi connectivity index (χ4v) is 167. The van der Waals surface area contributed by atoms with Gasteiger partial charge in [-0.25, -0.2) is 0 Å². The number of hydrogen-bond acceptors (Lipinski definition) is 3. The van der Waals surface area contributed by atoms with E-state index >= 15 is 0 Å². The Labute approximate surface area is 290 Å². The maximum Gasteiger partial charge on any atom is 0.136 e. The fourth-order valence-electron chi connectivity index (χ4n) is 5.06. The lowest BCUT2D eigenvalue weighted by molar-refractivity contribution is -0.126. The number of carbonyl (C=O) groups is 1. The standard InChI is InChI=1S/C15H47O3P23/c1-8-5-13(18-32(34(20)21)40(31-19)36(24)25)14-9(2)12(7-10(6-11(8)16)15(14,3)4)17-33(39(30)35(22)23)41(37(26)27)38(28)29/h8,10,12-13,31H,5-7,19-30H2,1-4H3/t8-,10?,12+,13-,32?,33?,39?,40?/m1/s1. The molecule has 26 heteroatoms. The summed E-state index contributed by atoms with van der Waals surface area (Å²) in [6.45, 7) is 7.03. The summed E-state index contributed by atoms with van der Waals surface area (Å²) < 4.78 is 14.8. The van der Waals surface area contributed by atoms with Crippen molar-refractivity contribution in [1.29, 1.82) is 0 Å². The van der Waals surface area contributed by atoms with Crippen molar-refractivity contribution < 1.29 is 13.8 Å². The molecule has 41 heavy (non-hydrogen) atoms. The fraction of sp³-hybridized carbons (Fsp3) is 0.800. The molecule has 0 amide bonds. The van der Waals surface area contributed by atoms with E-state index in [-0.39, 0.29) is 85.4 Å². The summed E-state index contributed by atoms with van der Waals surface area (Å²) in [7, 11) is 36.9. The third kappa shape index (κ3) is 13.2. The predicted octanol–water partition coefficient (Wildman–Crippen LogP) is 16.2. The SMILES string of the molecule is CC1=C2[C@H](OP(P(P)P)P(PP)P(P)P)C[C@@H](C)C(=O)CC(C[C@@H]1OP(P(P)P(P)P)P(P(P)P)P(P)P)C2(C)C. The second kappa shape index (κ2) is 21.9. The van der Waals surface area contributed by atoms with E-state index in [1.54, 1.807) is 0 Å². The molecule has 0 radical (unpaired) electrons. The van der Waals surface area contributed by atoms with Gasteiger partial charge in [-0.2, -0.15) is 0 Å². The van der Waals surface area contributed by atoms with E-state index in [4.69, 9.17) is 9.05 Å². The Kier molecular flexibility index (Phi) is 24.8. The van der Waals surface area contributed by atoms with Crippen LogP contribution in [0, 0.1) is 17.3 Å². The van der Waals surface area contributed by atoms with E-state index in [0.717, 1.165) is 20.8 Å². The number of carbonyl (C=O) groups excluding carboxylic acids is 1. The van der Waals surface area contributed by atoms with Crippen LogP contribution in [-0.2, 0) is 13.8 Å². The predicted molar refractivity (Wildman–Crippen MR) is 262 cm³/mol. The van der Waals surface area contributed by atoms with Crippen LogP contribution < -0.4 is 0 Å². The maximum atomic E-state index is 13.6.